The van der Waals surface area contributed by atoms with Crippen LogP contribution >= 0.6 is 0 Å². The summed E-state index contributed by atoms with van der Waals surface area (Å²) in [6.07, 6.45) is 0.801. The van der Waals surface area contributed by atoms with E-state index in [4.69, 9.17) is 0 Å². The van der Waals surface area contributed by atoms with E-state index in [-0.39, 0.29) is 5.82 Å². The highest BCUT2D eigenvalue weighted by Crippen LogP contribution is 2.28. The van der Waals surface area contributed by atoms with Gasteiger partial charge in [-0.05, 0) is 38.1 Å². The Bertz CT molecular complexity index is 662. The summed E-state index contributed by atoms with van der Waals surface area (Å²) in [5.74, 6) is 0.130. The molecular weight excluding hydrogens is 269 g/mol. The number of nitrogens with zero attached hydrogens (tertiary/aromatic N) is 2. The van der Waals surface area contributed by atoms with Crippen LogP contribution in [0.2, 0.25) is 0 Å². The van der Waals surface area contributed by atoms with E-state index >= 15 is 0 Å². The minimum atomic E-state index is -1.10. The molecule has 0 aliphatic carbocycles. The molecule has 0 fully saturated rings. The van der Waals surface area contributed by atoms with E-state index in [0.29, 0.717) is 12.4 Å². The molecule has 2 aromatic rings. The molecule has 0 bridgehead atoms. The molecule has 0 unspecified atom stereocenters. The van der Waals surface area contributed by atoms with Crippen LogP contribution in [-0.4, -0.2) is 21.6 Å². The maximum Gasteiger partial charge on any atom is 0.160 e. The van der Waals surface area contributed by atoms with Crippen molar-refractivity contribution < 1.29 is 9.50 Å². The first kappa shape index (κ1) is 14.1. The summed E-state index contributed by atoms with van der Waals surface area (Å²) >= 11 is 0. The Kier molecular flexibility index (Phi) is 3.47. The van der Waals surface area contributed by atoms with Crippen LogP contribution in [-0.2, 0) is 18.6 Å². The molecule has 1 aromatic carbocycles. The minimum absolute atomic E-state index is 0.275. The Morgan fingerprint density at radius 1 is 1.19 bits per heavy atom. The average Bonchev–Trinajstić information content (AvgIpc) is 2.46. The monoisotopic (exact) mass is 287 g/mol. The second-order valence-corrected chi connectivity index (χ2v) is 5.81. The molecule has 1 aromatic heterocycles. The molecule has 110 valence electrons. The van der Waals surface area contributed by atoms with Crippen molar-refractivity contribution in [1.29, 1.82) is 0 Å². The van der Waals surface area contributed by atoms with Gasteiger partial charge in [0, 0.05) is 30.6 Å². The quantitative estimate of drug-likeness (QED) is 0.888. The molecule has 0 spiro atoms. The Balaban J connectivity index is 2.19. The van der Waals surface area contributed by atoms with Crippen molar-refractivity contribution in [2.75, 3.05) is 6.54 Å². The zero-order chi connectivity index (χ0) is 15.0. The molecule has 0 saturated carbocycles. The fourth-order valence-electron chi connectivity index (χ4n) is 2.46. The fourth-order valence-corrected chi connectivity index (χ4v) is 2.46. The molecule has 1 aliphatic heterocycles. The smallest absolute Gasteiger partial charge is 0.160 e. The standard InChI is InChI=1S/C16H18FN3O/c1-16(2,21)15-19-13-7-8-18-9-12(13)14(20-15)10-3-5-11(17)6-4-10/h3-6,18,21H,7-9H2,1-2H3. The van der Waals surface area contributed by atoms with Gasteiger partial charge in [-0.2, -0.15) is 0 Å². The molecular formula is C16H18FN3O. The zero-order valence-electron chi connectivity index (χ0n) is 12.2. The van der Waals surface area contributed by atoms with Crippen LogP contribution in [0.25, 0.3) is 11.3 Å². The van der Waals surface area contributed by atoms with Crippen LogP contribution in [0.4, 0.5) is 4.39 Å². The Morgan fingerprint density at radius 2 is 1.90 bits per heavy atom. The summed E-state index contributed by atoms with van der Waals surface area (Å²) in [7, 11) is 0. The molecule has 2 heterocycles. The summed E-state index contributed by atoms with van der Waals surface area (Å²) in [4.78, 5) is 9.05. The van der Waals surface area contributed by atoms with Gasteiger partial charge in [-0.15, -0.1) is 0 Å². The summed E-state index contributed by atoms with van der Waals surface area (Å²) in [5, 5.41) is 13.5. The molecule has 1 aliphatic rings. The number of aromatic nitrogens is 2. The van der Waals surface area contributed by atoms with E-state index < -0.39 is 5.60 Å². The molecule has 21 heavy (non-hydrogen) atoms. The van der Waals surface area contributed by atoms with Gasteiger partial charge >= 0.3 is 0 Å². The highest BCUT2D eigenvalue weighted by Gasteiger charge is 2.25. The Hall–Kier alpha value is -1.85. The van der Waals surface area contributed by atoms with Gasteiger partial charge < -0.3 is 10.4 Å². The van der Waals surface area contributed by atoms with Crippen LogP contribution in [0.1, 0.15) is 30.9 Å². The van der Waals surface area contributed by atoms with Crippen molar-refractivity contribution in [3.63, 3.8) is 0 Å². The number of fused-ring (bicyclic) bond motifs is 1. The third kappa shape index (κ3) is 2.80. The summed E-state index contributed by atoms with van der Waals surface area (Å²) in [6.45, 7) is 4.89. The van der Waals surface area contributed by atoms with Crippen LogP contribution in [0.5, 0.6) is 0 Å². The van der Waals surface area contributed by atoms with E-state index in [9.17, 15) is 9.50 Å². The third-order valence-corrected chi connectivity index (χ3v) is 3.60. The number of benzene rings is 1. The molecule has 5 heteroatoms. The van der Waals surface area contributed by atoms with Gasteiger partial charge in [0.25, 0.3) is 0 Å². The van der Waals surface area contributed by atoms with E-state index in [1.165, 1.54) is 12.1 Å². The lowest BCUT2D eigenvalue weighted by atomic mass is 9.98. The van der Waals surface area contributed by atoms with Gasteiger partial charge in [-0.1, -0.05) is 0 Å². The number of aliphatic hydroxyl groups is 1. The second kappa shape index (κ2) is 5.16. The number of hydrogen-bond donors (Lipinski definition) is 2. The van der Waals surface area contributed by atoms with E-state index in [1.54, 1.807) is 26.0 Å². The topological polar surface area (TPSA) is 58.0 Å². The predicted octanol–water partition coefficient (Wildman–Crippen LogP) is 2.16. The Morgan fingerprint density at radius 3 is 2.57 bits per heavy atom. The minimum Gasteiger partial charge on any atom is -0.382 e. The van der Waals surface area contributed by atoms with Crippen LogP contribution in [0, 0.1) is 5.82 Å². The van der Waals surface area contributed by atoms with Crippen LogP contribution < -0.4 is 5.32 Å². The SMILES string of the molecule is CC(C)(O)c1nc2c(c(-c3ccc(F)cc3)n1)CNCC2. The number of halogens is 1. The first-order valence-electron chi connectivity index (χ1n) is 7.04. The lowest BCUT2D eigenvalue weighted by Gasteiger charge is -2.23. The van der Waals surface area contributed by atoms with Crippen molar-refractivity contribution in [2.24, 2.45) is 0 Å². The lowest BCUT2D eigenvalue weighted by molar-refractivity contribution is 0.0684. The molecule has 3 rings (SSSR count). The van der Waals surface area contributed by atoms with Gasteiger partial charge in [0.1, 0.15) is 11.4 Å². The average molecular weight is 287 g/mol. The van der Waals surface area contributed by atoms with Crippen molar-refractivity contribution in [2.45, 2.75) is 32.4 Å². The molecule has 0 saturated heterocycles. The van der Waals surface area contributed by atoms with Gasteiger partial charge in [-0.25, -0.2) is 14.4 Å². The number of nitrogens with one attached hydrogen (secondary N) is 1. The number of hydrogen-bond acceptors (Lipinski definition) is 4. The van der Waals surface area contributed by atoms with Crippen LogP contribution in [0.3, 0.4) is 0 Å². The highest BCUT2D eigenvalue weighted by atomic mass is 19.1. The van der Waals surface area contributed by atoms with Crippen molar-refractivity contribution in [3.05, 3.63) is 47.2 Å². The van der Waals surface area contributed by atoms with Gasteiger partial charge in [0.15, 0.2) is 5.82 Å². The normalized spacial score (nSPS) is 14.9. The summed E-state index contributed by atoms with van der Waals surface area (Å²) in [6, 6.07) is 6.26. The predicted molar refractivity (Wildman–Crippen MR) is 78.1 cm³/mol. The molecule has 0 atom stereocenters. The highest BCUT2D eigenvalue weighted by molar-refractivity contribution is 5.64. The second-order valence-electron chi connectivity index (χ2n) is 5.81. The van der Waals surface area contributed by atoms with E-state index in [1.807, 2.05) is 0 Å². The van der Waals surface area contributed by atoms with Crippen LogP contribution in [0.15, 0.2) is 24.3 Å². The molecule has 0 amide bonds. The van der Waals surface area contributed by atoms with Gasteiger partial charge in [0.2, 0.25) is 0 Å². The van der Waals surface area contributed by atoms with Crippen molar-refractivity contribution >= 4 is 0 Å². The van der Waals surface area contributed by atoms with Gasteiger partial charge in [0.05, 0.1) is 11.4 Å². The first-order valence-corrected chi connectivity index (χ1v) is 7.04. The first-order chi connectivity index (χ1) is 9.95. The summed E-state index contributed by atoms with van der Waals surface area (Å²) in [5.41, 5.74) is 2.49. The lowest BCUT2D eigenvalue weighted by Crippen LogP contribution is -2.29. The maximum atomic E-state index is 13.1. The Labute approximate surface area is 123 Å². The third-order valence-electron chi connectivity index (χ3n) is 3.60. The largest absolute Gasteiger partial charge is 0.382 e. The van der Waals surface area contributed by atoms with Crippen molar-refractivity contribution in [1.82, 2.24) is 15.3 Å². The zero-order valence-corrected chi connectivity index (χ0v) is 12.2. The maximum absolute atomic E-state index is 13.1. The van der Waals surface area contributed by atoms with Crippen molar-refractivity contribution in [3.8, 4) is 11.3 Å². The number of rotatable bonds is 2. The van der Waals surface area contributed by atoms with E-state index in [0.717, 1.165) is 35.5 Å². The summed E-state index contributed by atoms with van der Waals surface area (Å²) < 4.78 is 13.1. The molecule has 4 nitrogen and oxygen atoms in total. The fraction of sp³-hybridized carbons (Fsp3) is 0.375. The molecule has 2 N–H and O–H groups in total. The van der Waals surface area contributed by atoms with Gasteiger partial charge in [-0.3, -0.25) is 0 Å². The molecule has 0 radical (unpaired) electrons. The van der Waals surface area contributed by atoms with E-state index in [2.05, 4.69) is 15.3 Å².